The van der Waals surface area contributed by atoms with Crippen LogP contribution in [0, 0.1) is 11.6 Å². The van der Waals surface area contributed by atoms with Crippen molar-refractivity contribution in [3.8, 4) is 0 Å². The fraction of sp³-hybridized carbons (Fsp3) is 0.0714. The Morgan fingerprint density at radius 2 is 1.90 bits per heavy atom. The predicted octanol–water partition coefficient (Wildman–Crippen LogP) is 4.10. The van der Waals surface area contributed by atoms with Gasteiger partial charge >= 0.3 is 0 Å². The van der Waals surface area contributed by atoms with Crippen LogP contribution in [-0.2, 0) is 6.54 Å². The van der Waals surface area contributed by atoms with Crippen molar-refractivity contribution in [3.05, 3.63) is 64.7 Å². The summed E-state index contributed by atoms with van der Waals surface area (Å²) in [5, 5.41) is 6.49. The maximum atomic E-state index is 13.4. The summed E-state index contributed by atoms with van der Waals surface area (Å²) < 4.78 is 26.4. The van der Waals surface area contributed by atoms with Crippen LogP contribution in [0.3, 0.4) is 0 Å². The van der Waals surface area contributed by atoms with Crippen LogP contribution in [0.5, 0.6) is 0 Å². The Bertz CT molecular complexity index is 634. The van der Waals surface area contributed by atoms with E-state index in [-0.39, 0.29) is 17.2 Å². The molecule has 0 radical (unpaired) electrons. The number of para-hydroxylation sites is 1. The van der Waals surface area contributed by atoms with Gasteiger partial charge in [-0.2, -0.15) is 0 Å². The number of anilines is 1. The van der Waals surface area contributed by atoms with E-state index in [2.05, 4.69) is 10.6 Å². The molecule has 0 fully saturated rings. The Morgan fingerprint density at radius 1 is 1.15 bits per heavy atom. The van der Waals surface area contributed by atoms with E-state index in [9.17, 15) is 8.78 Å². The van der Waals surface area contributed by atoms with Gasteiger partial charge in [-0.3, -0.25) is 0 Å². The molecule has 2 aromatic rings. The van der Waals surface area contributed by atoms with Crippen molar-refractivity contribution in [1.29, 1.82) is 0 Å². The van der Waals surface area contributed by atoms with Crippen molar-refractivity contribution in [2.75, 3.05) is 5.32 Å². The fourth-order valence-corrected chi connectivity index (χ4v) is 1.95. The van der Waals surface area contributed by atoms with Crippen LogP contribution in [0.1, 0.15) is 5.56 Å². The molecule has 2 N–H and O–H groups in total. The summed E-state index contributed by atoms with van der Waals surface area (Å²) >= 11 is 11.0. The van der Waals surface area contributed by atoms with Gasteiger partial charge in [0.2, 0.25) is 0 Å². The highest BCUT2D eigenvalue weighted by atomic mass is 35.5. The van der Waals surface area contributed by atoms with Crippen molar-refractivity contribution in [1.82, 2.24) is 5.32 Å². The molecule has 0 heterocycles. The third-order valence-electron chi connectivity index (χ3n) is 2.57. The minimum Gasteiger partial charge on any atom is -0.358 e. The molecule has 20 heavy (non-hydrogen) atoms. The molecule has 0 saturated heterocycles. The highest BCUT2D eigenvalue weighted by Crippen LogP contribution is 2.20. The summed E-state index contributed by atoms with van der Waals surface area (Å²) in [6.45, 7) is 0.0832. The third kappa shape index (κ3) is 3.88. The molecule has 0 unspecified atom stereocenters. The number of rotatable bonds is 3. The van der Waals surface area contributed by atoms with Crippen molar-refractivity contribution in [2.24, 2.45) is 0 Å². The van der Waals surface area contributed by atoms with Gasteiger partial charge in [0.15, 0.2) is 5.11 Å². The van der Waals surface area contributed by atoms with Gasteiger partial charge in [0.05, 0.1) is 10.7 Å². The zero-order valence-electron chi connectivity index (χ0n) is 10.3. The first kappa shape index (κ1) is 14.7. The summed E-state index contributed by atoms with van der Waals surface area (Å²) in [4.78, 5) is 0. The number of hydrogen-bond acceptors (Lipinski definition) is 1. The molecule has 0 atom stereocenters. The van der Waals surface area contributed by atoms with Crippen LogP contribution in [0.2, 0.25) is 5.02 Å². The second-order valence-corrected chi connectivity index (χ2v) is 4.84. The van der Waals surface area contributed by atoms with Crippen molar-refractivity contribution in [3.63, 3.8) is 0 Å². The predicted molar refractivity (Wildman–Crippen MR) is 80.9 cm³/mol. The summed E-state index contributed by atoms with van der Waals surface area (Å²) in [5.74, 6) is -0.979. The second-order valence-electron chi connectivity index (χ2n) is 4.02. The minimum absolute atomic E-state index is 0.0832. The molecular formula is C14H11ClF2N2S. The smallest absolute Gasteiger partial charge is 0.171 e. The number of benzene rings is 2. The molecule has 0 aliphatic heterocycles. The monoisotopic (exact) mass is 312 g/mol. The maximum absolute atomic E-state index is 13.4. The Morgan fingerprint density at radius 3 is 2.65 bits per heavy atom. The molecule has 0 aliphatic carbocycles. The first-order chi connectivity index (χ1) is 9.56. The molecule has 0 saturated carbocycles. The first-order valence-corrected chi connectivity index (χ1v) is 6.58. The Labute approximate surface area is 125 Å². The third-order valence-corrected chi connectivity index (χ3v) is 3.15. The van der Waals surface area contributed by atoms with E-state index in [0.717, 1.165) is 18.2 Å². The van der Waals surface area contributed by atoms with Crippen LogP contribution >= 0.6 is 23.8 Å². The molecule has 2 nitrogen and oxygen atoms in total. The van der Waals surface area contributed by atoms with Crippen molar-refractivity contribution < 1.29 is 8.78 Å². The van der Waals surface area contributed by atoms with E-state index in [4.69, 9.17) is 23.8 Å². The summed E-state index contributed by atoms with van der Waals surface area (Å²) in [7, 11) is 0. The van der Waals surface area contributed by atoms with E-state index in [1.54, 1.807) is 18.2 Å². The lowest BCUT2D eigenvalue weighted by Gasteiger charge is -2.12. The second kappa shape index (κ2) is 6.63. The standard InChI is InChI=1S/C14H11ClF2N2S/c15-11-3-1-2-4-13(11)19-14(20)18-8-9-7-10(16)5-6-12(9)17/h1-7H,8H2,(H2,18,19,20). The average molecular weight is 313 g/mol. The van der Waals surface area contributed by atoms with E-state index < -0.39 is 11.6 Å². The number of halogens is 3. The summed E-state index contributed by atoms with van der Waals surface area (Å²) in [6, 6.07) is 10.4. The Hall–Kier alpha value is -1.72. The number of thiocarbonyl (C=S) groups is 1. The topological polar surface area (TPSA) is 24.1 Å². The Kier molecular flexibility index (Phi) is 4.87. The zero-order valence-corrected chi connectivity index (χ0v) is 11.9. The van der Waals surface area contributed by atoms with Gasteiger partial charge < -0.3 is 10.6 Å². The van der Waals surface area contributed by atoms with Crippen LogP contribution < -0.4 is 10.6 Å². The van der Waals surface area contributed by atoms with Crippen LogP contribution in [0.25, 0.3) is 0 Å². The largest absolute Gasteiger partial charge is 0.358 e. The van der Waals surface area contributed by atoms with Gasteiger partial charge in [-0.15, -0.1) is 0 Å². The fourth-order valence-electron chi connectivity index (χ4n) is 1.58. The van der Waals surface area contributed by atoms with Gasteiger partial charge in [-0.1, -0.05) is 23.7 Å². The van der Waals surface area contributed by atoms with Crippen molar-refractivity contribution in [2.45, 2.75) is 6.54 Å². The SMILES string of the molecule is Fc1ccc(F)c(CNC(=S)Nc2ccccc2Cl)c1. The Balaban J connectivity index is 1.96. The van der Waals surface area contributed by atoms with Gasteiger partial charge in [-0.05, 0) is 42.5 Å². The maximum Gasteiger partial charge on any atom is 0.171 e. The lowest BCUT2D eigenvalue weighted by Crippen LogP contribution is -2.28. The number of hydrogen-bond donors (Lipinski definition) is 2. The summed E-state index contributed by atoms with van der Waals surface area (Å²) in [5.41, 5.74) is 0.847. The van der Waals surface area contributed by atoms with Gasteiger partial charge in [0.25, 0.3) is 0 Å². The molecule has 0 spiro atoms. The lowest BCUT2D eigenvalue weighted by atomic mass is 10.2. The van der Waals surface area contributed by atoms with Crippen LogP contribution in [-0.4, -0.2) is 5.11 Å². The van der Waals surface area contributed by atoms with E-state index in [1.807, 2.05) is 6.07 Å². The lowest BCUT2D eigenvalue weighted by molar-refractivity contribution is 0.582. The quantitative estimate of drug-likeness (QED) is 0.834. The normalized spacial score (nSPS) is 10.2. The molecule has 0 amide bonds. The van der Waals surface area contributed by atoms with Gasteiger partial charge in [-0.25, -0.2) is 8.78 Å². The van der Waals surface area contributed by atoms with E-state index in [1.165, 1.54) is 0 Å². The molecule has 0 bridgehead atoms. The highest BCUT2D eigenvalue weighted by molar-refractivity contribution is 7.80. The number of nitrogens with one attached hydrogen (secondary N) is 2. The van der Waals surface area contributed by atoms with Gasteiger partial charge in [0.1, 0.15) is 11.6 Å². The van der Waals surface area contributed by atoms with E-state index >= 15 is 0 Å². The molecule has 6 heteroatoms. The van der Waals surface area contributed by atoms with E-state index in [0.29, 0.717) is 10.7 Å². The first-order valence-electron chi connectivity index (χ1n) is 5.79. The molecule has 2 rings (SSSR count). The molecule has 104 valence electrons. The zero-order chi connectivity index (χ0) is 14.5. The summed E-state index contributed by atoms with van der Waals surface area (Å²) in [6.07, 6.45) is 0. The average Bonchev–Trinajstić information content (AvgIpc) is 2.42. The van der Waals surface area contributed by atoms with Crippen molar-refractivity contribution >= 4 is 34.6 Å². The molecule has 0 aliphatic rings. The van der Waals surface area contributed by atoms with Crippen LogP contribution in [0.15, 0.2) is 42.5 Å². The molecule has 2 aromatic carbocycles. The molecular weight excluding hydrogens is 302 g/mol. The highest BCUT2D eigenvalue weighted by Gasteiger charge is 2.05. The van der Waals surface area contributed by atoms with Gasteiger partial charge in [0, 0.05) is 12.1 Å². The minimum atomic E-state index is -0.492. The molecule has 0 aromatic heterocycles. The van der Waals surface area contributed by atoms with Crippen LogP contribution in [0.4, 0.5) is 14.5 Å².